The molecule has 1 aromatic carbocycles. The van der Waals surface area contributed by atoms with Gasteiger partial charge in [-0.1, -0.05) is 6.07 Å². The molecule has 2 aromatic rings. The molecule has 2 heterocycles. The van der Waals surface area contributed by atoms with Crippen LogP contribution in [0.4, 0.5) is 0 Å². The van der Waals surface area contributed by atoms with E-state index in [0.29, 0.717) is 6.61 Å². The Morgan fingerprint density at radius 3 is 2.84 bits per heavy atom. The number of carbonyl (C=O) groups is 1. The molecule has 1 aliphatic heterocycles. The number of amides is 1. The second-order valence-corrected chi connectivity index (χ2v) is 7.45. The lowest BCUT2D eigenvalue weighted by atomic mass is 10.1. The summed E-state index contributed by atoms with van der Waals surface area (Å²) in [6.07, 6.45) is 1.000. The summed E-state index contributed by atoms with van der Waals surface area (Å²) in [5.74, 6) is 1.72. The number of nitrogens with zero attached hydrogens (tertiary/aromatic N) is 2. The van der Waals surface area contributed by atoms with Crippen molar-refractivity contribution in [2.75, 3.05) is 40.9 Å². The van der Waals surface area contributed by atoms with Gasteiger partial charge < -0.3 is 14.4 Å². The van der Waals surface area contributed by atoms with Crippen LogP contribution in [0.3, 0.4) is 0 Å². The molecule has 0 N–H and O–H groups in total. The standard InChI is InChI=1S/C19H24N2O3S/c1-20(2)19(22)18-11-14-13-21(8-7-17(14)25-18)9-10-24-16-6-4-5-15(12-16)23-3/h4-6,11-12H,7-10,13H2,1-3H3. The summed E-state index contributed by atoms with van der Waals surface area (Å²) >= 11 is 1.64. The number of fused-ring (bicyclic) bond motifs is 1. The maximum atomic E-state index is 12.1. The maximum Gasteiger partial charge on any atom is 0.263 e. The second-order valence-electron chi connectivity index (χ2n) is 6.31. The number of thiophene rings is 1. The Bertz CT molecular complexity index is 742. The van der Waals surface area contributed by atoms with Crippen molar-refractivity contribution in [1.82, 2.24) is 9.80 Å². The Labute approximate surface area is 152 Å². The van der Waals surface area contributed by atoms with Crippen molar-refractivity contribution in [2.45, 2.75) is 13.0 Å². The lowest BCUT2D eigenvalue weighted by Gasteiger charge is -2.26. The minimum Gasteiger partial charge on any atom is -0.497 e. The Morgan fingerprint density at radius 2 is 2.08 bits per heavy atom. The minimum absolute atomic E-state index is 0.0901. The van der Waals surface area contributed by atoms with Gasteiger partial charge in [-0.3, -0.25) is 9.69 Å². The number of hydrogen-bond donors (Lipinski definition) is 0. The van der Waals surface area contributed by atoms with Gasteiger partial charge in [0.05, 0.1) is 12.0 Å². The zero-order valence-corrected chi connectivity index (χ0v) is 15.8. The van der Waals surface area contributed by atoms with E-state index in [1.807, 2.05) is 24.3 Å². The third-order valence-electron chi connectivity index (χ3n) is 4.28. The van der Waals surface area contributed by atoms with Crippen LogP contribution in [-0.4, -0.2) is 56.6 Å². The normalized spacial score (nSPS) is 14.0. The van der Waals surface area contributed by atoms with Gasteiger partial charge in [0, 0.05) is 44.7 Å². The van der Waals surface area contributed by atoms with E-state index in [9.17, 15) is 4.79 Å². The third-order valence-corrected chi connectivity index (χ3v) is 5.51. The van der Waals surface area contributed by atoms with Crippen LogP contribution in [0, 0.1) is 0 Å². The first kappa shape index (κ1) is 17.8. The molecule has 0 fully saturated rings. The van der Waals surface area contributed by atoms with Gasteiger partial charge in [-0.25, -0.2) is 0 Å². The van der Waals surface area contributed by atoms with Gasteiger partial charge in [0.25, 0.3) is 5.91 Å². The van der Waals surface area contributed by atoms with E-state index in [4.69, 9.17) is 9.47 Å². The maximum absolute atomic E-state index is 12.1. The van der Waals surface area contributed by atoms with Gasteiger partial charge >= 0.3 is 0 Å². The Morgan fingerprint density at radius 1 is 1.28 bits per heavy atom. The van der Waals surface area contributed by atoms with Crippen LogP contribution >= 0.6 is 11.3 Å². The van der Waals surface area contributed by atoms with Crippen LogP contribution in [0.15, 0.2) is 30.3 Å². The number of hydrogen-bond acceptors (Lipinski definition) is 5. The summed E-state index contributed by atoms with van der Waals surface area (Å²) in [6.45, 7) is 3.39. The molecule has 1 aliphatic rings. The van der Waals surface area contributed by atoms with E-state index in [2.05, 4.69) is 11.0 Å². The van der Waals surface area contributed by atoms with E-state index in [0.717, 1.165) is 42.4 Å². The largest absolute Gasteiger partial charge is 0.497 e. The highest BCUT2D eigenvalue weighted by Gasteiger charge is 2.21. The van der Waals surface area contributed by atoms with Gasteiger partial charge in [0.2, 0.25) is 0 Å². The molecule has 5 nitrogen and oxygen atoms in total. The van der Waals surface area contributed by atoms with E-state index in [-0.39, 0.29) is 5.91 Å². The highest BCUT2D eigenvalue weighted by molar-refractivity contribution is 7.14. The molecule has 0 saturated carbocycles. The predicted molar refractivity (Wildman–Crippen MR) is 99.8 cm³/mol. The first-order valence-corrected chi connectivity index (χ1v) is 9.21. The molecule has 0 unspecified atom stereocenters. The molecule has 3 rings (SSSR count). The smallest absolute Gasteiger partial charge is 0.263 e. The fourth-order valence-corrected chi connectivity index (χ4v) is 4.08. The molecule has 1 amide bonds. The van der Waals surface area contributed by atoms with Gasteiger partial charge in [-0.15, -0.1) is 11.3 Å². The van der Waals surface area contributed by atoms with Crippen molar-refractivity contribution in [1.29, 1.82) is 0 Å². The zero-order chi connectivity index (χ0) is 17.8. The lowest BCUT2D eigenvalue weighted by Crippen LogP contribution is -2.33. The Balaban J connectivity index is 1.53. The third kappa shape index (κ3) is 4.32. The summed E-state index contributed by atoms with van der Waals surface area (Å²) in [5, 5.41) is 0. The fourth-order valence-electron chi connectivity index (χ4n) is 2.89. The first-order chi connectivity index (χ1) is 12.1. The molecule has 1 aromatic heterocycles. The Kier molecular flexibility index (Phi) is 5.60. The van der Waals surface area contributed by atoms with Crippen LogP contribution in [0.1, 0.15) is 20.1 Å². The second kappa shape index (κ2) is 7.89. The average molecular weight is 360 g/mol. The molecular formula is C19H24N2O3S. The van der Waals surface area contributed by atoms with Crippen molar-refractivity contribution in [3.63, 3.8) is 0 Å². The molecule has 0 aliphatic carbocycles. The Hall–Kier alpha value is -2.05. The van der Waals surface area contributed by atoms with Gasteiger partial charge in [-0.2, -0.15) is 0 Å². The van der Waals surface area contributed by atoms with Crippen molar-refractivity contribution in [3.05, 3.63) is 45.6 Å². The molecule has 0 radical (unpaired) electrons. The van der Waals surface area contributed by atoms with Crippen molar-refractivity contribution < 1.29 is 14.3 Å². The van der Waals surface area contributed by atoms with E-state index < -0.39 is 0 Å². The van der Waals surface area contributed by atoms with Crippen LogP contribution in [0.2, 0.25) is 0 Å². The molecule has 0 atom stereocenters. The minimum atomic E-state index is 0.0901. The van der Waals surface area contributed by atoms with Crippen molar-refractivity contribution >= 4 is 17.2 Å². The molecule has 0 spiro atoms. The highest BCUT2D eigenvalue weighted by Crippen LogP contribution is 2.28. The summed E-state index contributed by atoms with van der Waals surface area (Å²) in [4.78, 5) is 18.3. The number of benzene rings is 1. The van der Waals surface area contributed by atoms with Crippen molar-refractivity contribution in [3.8, 4) is 11.5 Å². The summed E-state index contributed by atoms with van der Waals surface area (Å²) in [6, 6.07) is 9.72. The van der Waals surface area contributed by atoms with Crippen LogP contribution in [0.25, 0.3) is 0 Å². The van der Waals surface area contributed by atoms with E-state index >= 15 is 0 Å². The van der Waals surface area contributed by atoms with Gasteiger partial charge in [0.1, 0.15) is 18.1 Å². The van der Waals surface area contributed by atoms with Crippen LogP contribution in [-0.2, 0) is 13.0 Å². The number of carbonyl (C=O) groups excluding carboxylic acids is 1. The van der Waals surface area contributed by atoms with E-state index in [1.165, 1.54) is 10.4 Å². The summed E-state index contributed by atoms with van der Waals surface area (Å²) < 4.78 is 11.0. The highest BCUT2D eigenvalue weighted by atomic mass is 32.1. The quantitative estimate of drug-likeness (QED) is 0.794. The topological polar surface area (TPSA) is 42.0 Å². The van der Waals surface area contributed by atoms with Gasteiger partial charge in [0.15, 0.2) is 0 Å². The first-order valence-electron chi connectivity index (χ1n) is 8.39. The molecule has 6 heteroatoms. The molecule has 0 bridgehead atoms. The van der Waals surface area contributed by atoms with Crippen molar-refractivity contribution in [2.24, 2.45) is 0 Å². The van der Waals surface area contributed by atoms with Crippen LogP contribution in [0.5, 0.6) is 11.5 Å². The SMILES string of the molecule is COc1cccc(OCCN2CCc3sc(C(=O)N(C)C)cc3C2)c1. The number of ether oxygens (including phenoxy) is 2. The fraction of sp³-hybridized carbons (Fsp3) is 0.421. The number of rotatable bonds is 6. The number of methoxy groups -OCH3 is 1. The lowest BCUT2D eigenvalue weighted by molar-refractivity contribution is 0.0832. The molecule has 25 heavy (non-hydrogen) atoms. The zero-order valence-electron chi connectivity index (χ0n) is 14.9. The summed E-state index contributed by atoms with van der Waals surface area (Å²) in [5.41, 5.74) is 1.28. The van der Waals surface area contributed by atoms with Gasteiger partial charge in [-0.05, 0) is 30.2 Å². The summed E-state index contributed by atoms with van der Waals surface area (Å²) in [7, 11) is 5.24. The average Bonchev–Trinajstić information content (AvgIpc) is 3.04. The predicted octanol–water partition coefficient (Wildman–Crippen LogP) is 2.90. The molecule has 0 saturated heterocycles. The van der Waals surface area contributed by atoms with E-state index in [1.54, 1.807) is 37.4 Å². The molecular weight excluding hydrogens is 336 g/mol. The monoisotopic (exact) mass is 360 g/mol. The molecule has 134 valence electrons. The van der Waals surface area contributed by atoms with Crippen LogP contribution < -0.4 is 9.47 Å².